The highest BCUT2D eigenvalue weighted by molar-refractivity contribution is 7.98. The van der Waals surface area contributed by atoms with Crippen molar-refractivity contribution in [2.45, 2.75) is 12.5 Å². The van der Waals surface area contributed by atoms with Crippen molar-refractivity contribution in [3.8, 4) is 0 Å². The average molecular weight is 185 g/mol. The van der Waals surface area contributed by atoms with Crippen LogP contribution in [0.5, 0.6) is 0 Å². The molecule has 12 heavy (non-hydrogen) atoms. The zero-order valence-electron chi connectivity index (χ0n) is 7.54. The summed E-state index contributed by atoms with van der Waals surface area (Å²) in [5.41, 5.74) is 0. The van der Waals surface area contributed by atoms with Crippen LogP contribution in [-0.4, -0.2) is 25.1 Å². The van der Waals surface area contributed by atoms with Crippen LogP contribution in [0.15, 0.2) is 22.8 Å². The van der Waals surface area contributed by atoms with Crippen LogP contribution in [0, 0.1) is 0 Å². The van der Waals surface area contributed by atoms with E-state index in [9.17, 15) is 0 Å². The average Bonchev–Trinajstić information content (AvgIpc) is 2.56. The van der Waals surface area contributed by atoms with Crippen molar-refractivity contribution in [3.05, 3.63) is 24.2 Å². The van der Waals surface area contributed by atoms with Crippen LogP contribution in [-0.2, 0) is 6.42 Å². The highest BCUT2D eigenvalue weighted by Crippen LogP contribution is 2.07. The number of hydrogen-bond donors (Lipinski definition) is 1. The molecule has 0 saturated heterocycles. The molecule has 0 bridgehead atoms. The lowest BCUT2D eigenvalue weighted by Crippen LogP contribution is -2.29. The molecule has 0 spiro atoms. The van der Waals surface area contributed by atoms with Crippen molar-refractivity contribution < 1.29 is 4.42 Å². The Bertz CT molecular complexity index is 198. The molecule has 0 amide bonds. The first-order chi connectivity index (χ1) is 5.86. The quantitative estimate of drug-likeness (QED) is 0.757. The molecule has 0 saturated carbocycles. The Hall–Kier alpha value is -0.410. The maximum atomic E-state index is 5.26. The van der Waals surface area contributed by atoms with Crippen molar-refractivity contribution >= 4 is 11.8 Å². The Kier molecular flexibility index (Phi) is 4.25. The fraction of sp³-hybridized carbons (Fsp3) is 0.556. The van der Waals surface area contributed by atoms with Gasteiger partial charge in [-0.25, -0.2) is 0 Å². The molecule has 1 heterocycles. The highest BCUT2D eigenvalue weighted by Gasteiger charge is 2.07. The molecule has 2 nitrogen and oxygen atoms in total. The summed E-state index contributed by atoms with van der Waals surface area (Å²) in [6.07, 6.45) is 4.82. The predicted molar refractivity (Wildman–Crippen MR) is 53.6 cm³/mol. The van der Waals surface area contributed by atoms with Crippen molar-refractivity contribution in [2.75, 3.05) is 19.1 Å². The molecule has 1 atom stereocenters. The van der Waals surface area contributed by atoms with E-state index in [4.69, 9.17) is 4.42 Å². The molecule has 0 fully saturated rings. The van der Waals surface area contributed by atoms with Gasteiger partial charge in [0.2, 0.25) is 0 Å². The summed E-state index contributed by atoms with van der Waals surface area (Å²) >= 11 is 1.85. The third kappa shape index (κ3) is 2.91. The predicted octanol–water partition coefficient (Wildman–Crippen LogP) is 1.77. The molecule has 1 unspecified atom stereocenters. The van der Waals surface area contributed by atoms with E-state index in [0.29, 0.717) is 6.04 Å². The van der Waals surface area contributed by atoms with E-state index in [-0.39, 0.29) is 0 Å². The summed E-state index contributed by atoms with van der Waals surface area (Å²) in [5, 5.41) is 3.26. The number of nitrogens with one attached hydrogen (secondary N) is 1. The number of thioether (sulfide) groups is 1. The van der Waals surface area contributed by atoms with Crippen LogP contribution in [0.3, 0.4) is 0 Å². The minimum atomic E-state index is 0.520. The van der Waals surface area contributed by atoms with Gasteiger partial charge in [0.05, 0.1) is 6.26 Å². The summed E-state index contributed by atoms with van der Waals surface area (Å²) in [4.78, 5) is 0. The van der Waals surface area contributed by atoms with Gasteiger partial charge in [-0.15, -0.1) is 0 Å². The van der Waals surface area contributed by atoms with Crippen LogP contribution in [0.4, 0.5) is 0 Å². The topological polar surface area (TPSA) is 25.2 Å². The van der Waals surface area contributed by atoms with E-state index < -0.39 is 0 Å². The SMILES string of the molecule is CNC(CSC)Cc1ccco1. The summed E-state index contributed by atoms with van der Waals surface area (Å²) in [7, 11) is 1.99. The zero-order valence-corrected chi connectivity index (χ0v) is 8.36. The Balaban J connectivity index is 2.37. The van der Waals surface area contributed by atoms with Gasteiger partial charge in [-0.3, -0.25) is 0 Å². The van der Waals surface area contributed by atoms with E-state index in [1.165, 1.54) is 0 Å². The van der Waals surface area contributed by atoms with Gasteiger partial charge < -0.3 is 9.73 Å². The van der Waals surface area contributed by atoms with Crippen LogP contribution < -0.4 is 5.32 Å². The number of likely N-dealkylation sites (N-methyl/N-ethyl adjacent to an activating group) is 1. The number of hydrogen-bond acceptors (Lipinski definition) is 3. The van der Waals surface area contributed by atoms with Crippen LogP contribution >= 0.6 is 11.8 Å². The molecule has 0 aliphatic carbocycles. The van der Waals surface area contributed by atoms with E-state index >= 15 is 0 Å². The van der Waals surface area contributed by atoms with Crippen molar-refractivity contribution in [1.29, 1.82) is 0 Å². The van der Waals surface area contributed by atoms with E-state index in [0.717, 1.165) is 17.9 Å². The number of furan rings is 1. The molecule has 1 aromatic rings. The molecule has 1 N–H and O–H groups in total. The van der Waals surface area contributed by atoms with Gasteiger partial charge >= 0.3 is 0 Å². The fourth-order valence-electron chi connectivity index (χ4n) is 1.12. The second-order valence-corrected chi connectivity index (χ2v) is 3.64. The third-order valence-electron chi connectivity index (χ3n) is 1.80. The lowest BCUT2D eigenvalue weighted by molar-refractivity contribution is 0.475. The van der Waals surface area contributed by atoms with Gasteiger partial charge in [-0.05, 0) is 25.4 Å². The van der Waals surface area contributed by atoms with Gasteiger partial charge in [0.1, 0.15) is 5.76 Å². The molecular weight excluding hydrogens is 170 g/mol. The van der Waals surface area contributed by atoms with Gasteiger partial charge in [-0.1, -0.05) is 0 Å². The fourth-order valence-corrected chi connectivity index (χ4v) is 1.80. The largest absolute Gasteiger partial charge is 0.469 e. The van der Waals surface area contributed by atoms with Crippen LogP contribution in [0.25, 0.3) is 0 Å². The minimum Gasteiger partial charge on any atom is -0.469 e. The van der Waals surface area contributed by atoms with Crippen molar-refractivity contribution in [1.82, 2.24) is 5.32 Å². The molecular formula is C9H15NOS. The molecule has 0 aromatic carbocycles. The molecule has 0 aliphatic heterocycles. The minimum absolute atomic E-state index is 0.520. The Morgan fingerprint density at radius 2 is 2.50 bits per heavy atom. The maximum absolute atomic E-state index is 5.26. The van der Waals surface area contributed by atoms with Crippen LogP contribution in [0.2, 0.25) is 0 Å². The second-order valence-electron chi connectivity index (χ2n) is 2.72. The second kappa shape index (κ2) is 5.27. The summed E-state index contributed by atoms with van der Waals surface area (Å²) < 4.78 is 5.26. The highest BCUT2D eigenvalue weighted by atomic mass is 32.2. The molecule has 3 heteroatoms. The standard InChI is InChI=1S/C9H15NOS/c1-10-8(7-12-2)6-9-4-3-5-11-9/h3-5,8,10H,6-7H2,1-2H3. The third-order valence-corrected chi connectivity index (χ3v) is 2.54. The first-order valence-corrected chi connectivity index (χ1v) is 5.44. The first kappa shape index (κ1) is 9.68. The summed E-state index contributed by atoms with van der Waals surface area (Å²) in [6, 6.07) is 4.47. The van der Waals surface area contributed by atoms with E-state index in [1.54, 1.807) is 6.26 Å². The first-order valence-electron chi connectivity index (χ1n) is 4.05. The Morgan fingerprint density at radius 3 is 3.00 bits per heavy atom. The summed E-state index contributed by atoms with van der Waals surface area (Å²) in [5.74, 6) is 2.18. The maximum Gasteiger partial charge on any atom is 0.105 e. The smallest absolute Gasteiger partial charge is 0.105 e. The van der Waals surface area contributed by atoms with Crippen molar-refractivity contribution in [2.24, 2.45) is 0 Å². The van der Waals surface area contributed by atoms with Gasteiger partial charge in [0.15, 0.2) is 0 Å². The molecule has 1 aromatic heterocycles. The molecule has 1 rings (SSSR count). The van der Waals surface area contributed by atoms with E-state index in [1.807, 2.05) is 30.9 Å². The van der Waals surface area contributed by atoms with E-state index in [2.05, 4.69) is 11.6 Å². The normalized spacial score (nSPS) is 13.2. The van der Waals surface area contributed by atoms with Crippen LogP contribution in [0.1, 0.15) is 5.76 Å². The monoisotopic (exact) mass is 185 g/mol. The summed E-state index contributed by atoms with van der Waals surface area (Å²) in [6.45, 7) is 0. The lowest BCUT2D eigenvalue weighted by atomic mass is 10.2. The van der Waals surface area contributed by atoms with Gasteiger partial charge in [0.25, 0.3) is 0 Å². The van der Waals surface area contributed by atoms with Crippen molar-refractivity contribution in [3.63, 3.8) is 0 Å². The zero-order chi connectivity index (χ0) is 8.81. The lowest BCUT2D eigenvalue weighted by Gasteiger charge is -2.12. The molecule has 0 radical (unpaired) electrons. The Labute approximate surface area is 77.7 Å². The molecule has 68 valence electrons. The Morgan fingerprint density at radius 1 is 1.67 bits per heavy atom. The van der Waals surface area contributed by atoms with Gasteiger partial charge in [0, 0.05) is 18.2 Å². The number of rotatable bonds is 5. The van der Waals surface area contributed by atoms with Gasteiger partial charge in [-0.2, -0.15) is 11.8 Å². The molecule has 0 aliphatic rings.